The quantitative estimate of drug-likeness (QED) is 0.904. The Morgan fingerprint density at radius 1 is 1.25 bits per heavy atom. The summed E-state index contributed by atoms with van der Waals surface area (Å²) in [5.74, 6) is 1.35. The zero-order valence-electron chi connectivity index (χ0n) is 13.0. The Hall–Kier alpha value is -2.83. The van der Waals surface area contributed by atoms with Crippen LogP contribution in [0.25, 0.3) is 0 Å². The van der Waals surface area contributed by atoms with E-state index in [-0.39, 0.29) is 24.3 Å². The van der Waals surface area contributed by atoms with Crippen LogP contribution in [0.3, 0.4) is 0 Å². The lowest BCUT2D eigenvalue weighted by atomic mass is 9.94. The monoisotopic (exact) mass is 327 g/mol. The largest absolute Gasteiger partial charge is 0.454 e. The molecule has 4 rings (SSSR count). The van der Waals surface area contributed by atoms with Gasteiger partial charge in [0.1, 0.15) is 0 Å². The summed E-state index contributed by atoms with van der Waals surface area (Å²) in [5.41, 5.74) is 1.06. The summed E-state index contributed by atoms with van der Waals surface area (Å²) >= 11 is 0. The number of fused-ring (bicyclic) bond motifs is 1. The van der Waals surface area contributed by atoms with E-state index in [9.17, 15) is 9.59 Å². The molecule has 3 heterocycles. The molecule has 0 spiro atoms. The number of nitrogens with one attached hydrogen (secondary N) is 1. The molecule has 1 N–H and O–H groups in total. The summed E-state index contributed by atoms with van der Waals surface area (Å²) in [6.07, 6.45) is 3.34. The molecule has 24 heavy (non-hydrogen) atoms. The minimum atomic E-state index is -0.355. The predicted molar refractivity (Wildman–Crippen MR) is 85.3 cm³/mol. The Morgan fingerprint density at radius 2 is 2.12 bits per heavy atom. The van der Waals surface area contributed by atoms with Crippen molar-refractivity contribution in [1.82, 2.24) is 14.9 Å². The Labute approximate surface area is 138 Å². The highest BCUT2D eigenvalue weighted by atomic mass is 16.7. The van der Waals surface area contributed by atoms with Gasteiger partial charge in [-0.05, 0) is 37.1 Å². The lowest BCUT2D eigenvalue weighted by Gasteiger charge is -2.32. The average molecular weight is 327 g/mol. The molecular weight excluding hydrogens is 310 g/mol. The van der Waals surface area contributed by atoms with Gasteiger partial charge in [-0.2, -0.15) is 0 Å². The van der Waals surface area contributed by atoms with Crippen LogP contribution >= 0.6 is 0 Å². The maximum absolute atomic E-state index is 12.8. The SMILES string of the molecule is O=C(c1ccc2c(c1)OCO2)N1CCC[C@@H](c2ccnc(=O)[nH]2)C1. The Balaban J connectivity index is 1.53. The van der Waals surface area contributed by atoms with Gasteiger partial charge in [0.2, 0.25) is 6.79 Å². The van der Waals surface area contributed by atoms with E-state index >= 15 is 0 Å². The summed E-state index contributed by atoms with van der Waals surface area (Å²) in [5, 5.41) is 0. The Kier molecular flexibility index (Phi) is 3.68. The normalized spacial score (nSPS) is 19.3. The number of carbonyl (C=O) groups is 1. The van der Waals surface area contributed by atoms with Gasteiger partial charge in [0, 0.05) is 36.5 Å². The fourth-order valence-corrected chi connectivity index (χ4v) is 3.25. The fraction of sp³-hybridized carbons (Fsp3) is 0.353. The van der Waals surface area contributed by atoms with Crippen LogP contribution in [-0.2, 0) is 0 Å². The van der Waals surface area contributed by atoms with Crippen molar-refractivity contribution >= 4 is 5.91 Å². The van der Waals surface area contributed by atoms with Gasteiger partial charge in [0.05, 0.1) is 0 Å². The maximum atomic E-state index is 12.8. The lowest BCUT2D eigenvalue weighted by Crippen LogP contribution is -2.39. The number of aromatic nitrogens is 2. The number of H-pyrrole nitrogens is 1. The number of amides is 1. The number of carbonyl (C=O) groups excluding carboxylic acids is 1. The smallest absolute Gasteiger partial charge is 0.345 e. The number of likely N-dealkylation sites (tertiary alicyclic amines) is 1. The summed E-state index contributed by atoms with van der Waals surface area (Å²) in [4.78, 5) is 32.4. The standard InChI is InChI=1S/C17H17N3O4/c21-16(11-3-4-14-15(8-11)24-10-23-14)20-7-1-2-12(9-20)13-5-6-18-17(22)19-13/h3-6,8,12H,1-2,7,9-10H2,(H,18,19,22)/t12-/m1/s1. The molecule has 0 unspecified atom stereocenters. The van der Waals surface area contributed by atoms with E-state index in [0.717, 1.165) is 18.5 Å². The van der Waals surface area contributed by atoms with Gasteiger partial charge in [0.25, 0.3) is 5.91 Å². The molecule has 1 aromatic carbocycles. The highest BCUT2D eigenvalue weighted by Crippen LogP contribution is 2.33. The van der Waals surface area contributed by atoms with Gasteiger partial charge in [-0.15, -0.1) is 0 Å². The van der Waals surface area contributed by atoms with E-state index in [1.807, 2.05) is 4.90 Å². The molecule has 0 radical (unpaired) electrons. The van der Waals surface area contributed by atoms with E-state index in [1.165, 1.54) is 6.20 Å². The second kappa shape index (κ2) is 5.99. The van der Waals surface area contributed by atoms with Crippen molar-refractivity contribution in [3.05, 3.63) is 52.2 Å². The van der Waals surface area contributed by atoms with Crippen LogP contribution in [0.4, 0.5) is 0 Å². The van der Waals surface area contributed by atoms with Gasteiger partial charge in [-0.3, -0.25) is 4.79 Å². The summed E-state index contributed by atoms with van der Waals surface area (Å²) in [6, 6.07) is 7.05. The second-order valence-corrected chi connectivity index (χ2v) is 5.99. The molecule has 0 bridgehead atoms. The molecule has 2 aromatic rings. The minimum Gasteiger partial charge on any atom is -0.454 e. The number of ether oxygens (including phenoxy) is 2. The van der Waals surface area contributed by atoms with Crippen molar-refractivity contribution in [3.63, 3.8) is 0 Å². The van der Waals surface area contributed by atoms with Gasteiger partial charge in [-0.25, -0.2) is 9.78 Å². The number of piperidine rings is 1. The van der Waals surface area contributed by atoms with Gasteiger partial charge in [-0.1, -0.05) is 0 Å². The van der Waals surface area contributed by atoms with E-state index in [2.05, 4.69) is 9.97 Å². The number of aromatic amines is 1. The maximum Gasteiger partial charge on any atom is 0.345 e. The number of benzene rings is 1. The van der Waals surface area contributed by atoms with E-state index < -0.39 is 0 Å². The molecule has 2 aliphatic heterocycles. The first kappa shape index (κ1) is 14.7. The first-order valence-electron chi connectivity index (χ1n) is 7.95. The summed E-state index contributed by atoms with van der Waals surface area (Å²) in [6.45, 7) is 1.47. The molecule has 2 aliphatic rings. The van der Waals surface area contributed by atoms with Crippen LogP contribution in [0.15, 0.2) is 35.3 Å². The van der Waals surface area contributed by atoms with Crippen LogP contribution in [0.2, 0.25) is 0 Å². The summed E-state index contributed by atoms with van der Waals surface area (Å²) in [7, 11) is 0. The number of hydrogen-bond acceptors (Lipinski definition) is 5. The van der Waals surface area contributed by atoms with Crippen molar-refractivity contribution in [2.24, 2.45) is 0 Å². The highest BCUT2D eigenvalue weighted by molar-refractivity contribution is 5.95. The zero-order valence-corrected chi connectivity index (χ0v) is 13.0. The van der Waals surface area contributed by atoms with Crippen molar-refractivity contribution in [1.29, 1.82) is 0 Å². The van der Waals surface area contributed by atoms with Crippen molar-refractivity contribution < 1.29 is 14.3 Å². The third-order valence-electron chi connectivity index (χ3n) is 4.47. The van der Waals surface area contributed by atoms with Gasteiger partial charge < -0.3 is 19.4 Å². The molecule has 124 valence electrons. The third kappa shape index (κ3) is 2.73. The van der Waals surface area contributed by atoms with Crippen LogP contribution in [0.1, 0.15) is 34.8 Å². The average Bonchev–Trinajstić information content (AvgIpc) is 3.09. The van der Waals surface area contributed by atoms with Gasteiger partial charge in [0.15, 0.2) is 11.5 Å². The molecule has 1 atom stereocenters. The predicted octanol–water partition coefficient (Wildman–Crippen LogP) is 1.52. The molecule has 7 heteroatoms. The van der Waals surface area contributed by atoms with Crippen LogP contribution in [-0.4, -0.2) is 40.7 Å². The minimum absolute atomic E-state index is 0.0330. The van der Waals surface area contributed by atoms with Crippen LogP contribution in [0, 0.1) is 0 Å². The second-order valence-electron chi connectivity index (χ2n) is 5.99. The van der Waals surface area contributed by atoms with Crippen molar-refractivity contribution in [2.45, 2.75) is 18.8 Å². The van der Waals surface area contributed by atoms with Gasteiger partial charge >= 0.3 is 5.69 Å². The van der Waals surface area contributed by atoms with E-state index in [1.54, 1.807) is 24.3 Å². The zero-order chi connectivity index (χ0) is 16.5. The number of rotatable bonds is 2. The van der Waals surface area contributed by atoms with Crippen LogP contribution in [0.5, 0.6) is 11.5 Å². The first-order valence-corrected chi connectivity index (χ1v) is 7.95. The number of nitrogens with zero attached hydrogens (tertiary/aromatic N) is 2. The molecule has 1 fully saturated rings. The lowest BCUT2D eigenvalue weighted by molar-refractivity contribution is 0.0705. The fourth-order valence-electron chi connectivity index (χ4n) is 3.25. The Bertz CT molecular complexity index is 833. The van der Waals surface area contributed by atoms with E-state index in [4.69, 9.17) is 9.47 Å². The molecule has 7 nitrogen and oxygen atoms in total. The molecule has 1 amide bonds. The molecule has 1 aromatic heterocycles. The van der Waals surface area contributed by atoms with Crippen molar-refractivity contribution in [2.75, 3.05) is 19.9 Å². The summed E-state index contributed by atoms with van der Waals surface area (Å²) < 4.78 is 10.6. The van der Waals surface area contributed by atoms with Crippen LogP contribution < -0.4 is 15.2 Å². The number of hydrogen-bond donors (Lipinski definition) is 1. The Morgan fingerprint density at radius 3 is 3.00 bits per heavy atom. The van der Waals surface area contributed by atoms with Crippen molar-refractivity contribution in [3.8, 4) is 11.5 Å². The topological polar surface area (TPSA) is 84.5 Å². The molecule has 1 saturated heterocycles. The first-order chi connectivity index (χ1) is 11.7. The van der Waals surface area contributed by atoms with E-state index in [0.29, 0.717) is 30.2 Å². The molecule has 0 saturated carbocycles. The third-order valence-corrected chi connectivity index (χ3v) is 4.47. The molecular formula is C17H17N3O4. The highest BCUT2D eigenvalue weighted by Gasteiger charge is 2.27. The molecule has 0 aliphatic carbocycles.